The number of hydrogen-bond acceptors (Lipinski definition) is 4. The molecule has 1 saturated heterocycles. The van der Waals surface area contributed by atoms with E-state index in [1.807, 2.05) is 0 Å². The minimum absolute atomic E-state index is 0.193. The summed E-state index contributed by atoms with van der Waals surface area (Å²) in [6, 6.07) is 1.00. The van der Waals surface area contributed by atoms with Gasteiger partial charge in [-0.2, -0.15) is 18.4 Å². The van der Waals surface area contributed by atoms with Crippen LogP contribution in [0.2, 0.25) is 0 Å². The Morgan fingerprint density at radius 1 is 1.35 bits per heavy atom. The third-order valence-electron chi connectivity index (χ3n) is 2.63. The van der Waals surface area contributed by atoms with Crippen LogP contribution < -0.4 is 0 Å². The molecule has 0 N–H and O–H groups in total. The fourth-order valence-corrected chi connectivity index (χ4v) is 3.52. The van der Waals surface area contributed by atoms with Gasteiger partial charge in [0.15, 0.2) is 15.8 Å². The molecule has 0 amide bonds. The fourth-order valence-electron chi connectivity index (χ4n) is 1.61. The molecule has 1 atom stereocenters. The molecule has 1 fully saturated rings. The minimum atomic E-state index is -4.80. The topological polar surface area (TPSA) is 67.2 Å². The van der Waals surface area contributed by atoms with E-state index in [-0.39, 0.29) is 26.1 Å². The molecule has 1 unspecified atom stereocenters. The van der Waals surface area contributed by atoms with Crippen molar-refractivity contribution in [2.45, 2.75) is 24.3 Å². The lowest BCUT2D eigenvalue weighted by molar-refractivity contribution is -0.153. The van der Waals surface area contributed by atoms with Crippen LogP contribution in [0.15, 0.2) is 0 Å². The molecule has 98 valence electrons. The van der Waals surface area contributed by atoms with Crippen LogP contribution in [0.25, 0.3) is 0 Å². The summed E-state index contributed by atoms with van der Waals surface area (Å²) in [6.07, 6.45) is -4.41. The average Bonchev–Trinajstić information content (AvgIpc) is 2.25. The van der Waals surface area contributed by atoms with E-state index in [4.69, 9.17) is 10.00 Å². The Hall–Kier alpha value is -0.810. The molecule has 0 aliphatic carbocycles. The number of rotatable bonds is 3. The van der Waals surface area contributed by atoms with Crippen molar-refractivity contribution in [3.63, 3.8) is 0 Å². The molecule has 0 spiro atoms. The maximum atomic E-state index is 12.3. The Morgan fingerprint density at radius 2 is 1.88 bits per heavy atom. The summed E-state index contributed by atoms with van der Waals surface area (Å²) in [7, 11) is -3.90. The van der Waals surface area contributed by atoms with Crippen molar-refractivity contribution in [1.82, 2.24) is 0 Å². The highest BCUT2D eigenvalue weighted by atomic mass is 32.2. The van der Waals surface area contributed by atoms with E-state index >= 15 is 0 Å². The molecule has 17 heavy (non-hydrogen) atoms. The fraction of sp³-hybridized carbons (Fsp3) is 0.889. The van der Waals surface area contributed by atoms with Crippen molar-refractivity contribution in [2.75, 3.05) is 19.0 Å². The number of nitrogens with zero attached hydrogens (tertiary/aromatic N) is 1. The van der Waals surface area contributed by atoms with Gasteiger partial charge in [0, 0.05) is 13.2 Å². The Morgan fingerprint density at radius 3 is 2.29 bits per heavy atom. The molecular weight excluding hydrogens is 259 g/mol. The number of halogens is 3. The van der Waals surface area contributed by atoms with E-state index in [9.17, 15) is 21.6 Å². The first-order valence-corrected chi connectivity index (χ1v) is 6.74. The highest BCUT2D eigenvalue weighted by Gasteiger charge is 2.44. The number of alkyl halides is 3. The standard InChI is InChI=1S/C9H12F3NO3S/c10-9(11,12)7(5-13)6-17(14,15)8-1-3-16-4-2-8/h7-8H,1-4,6H2. The zero-order valence-corrected chi connectivity index (χ0v) is 9.72. The van der Waals surface area contributed by atoms with Gasteiger partial charge in [0.05, 0.1) is 17.1 Å². The zero-order chi connectivity index (χ0) is 13.1. The monoisotopic (exact) mass is 271 g/mol. The van der Waals surface area contributed by atoms with Gasteiger partial charge in [0.1, 0.15) is 0 Å². The minimum Gasteiger partial charge on any atom is -0.381 e. The Labute approximate surface area is 97.3 Å². The summed E-state index contributed by atoms with van der Waals surface area (Å²) >= 11 is 0. The third kappa shape index (κ3) is 3.85. The molecule has 0 saturated carbocycles. The first kappa shape index (κ1) is 14.3. The second-order valence-electron chi connectivity index (χ2n) is 3.86. The summed E-state index contributed by atoms with van der Waals surface area (Å²) in [5.41, 5.74) is 0. The molecule has 0 bridgehead atoms. The maximum Gasteiger partial charge on any atom is 0.405 e. The molecule has 4 nitrogen and oxygen atoms in total. The van der Waals surface area contributed by atoms with Gasteiger partial charge in [-0.3, -0.25) is 0 Å². The second kappa shape index (κ2) is 5.23. The van der Waals surface area contributed by atoms with Crippen LogP contribution in [0.5, 0.6) is 0 Å². The normalized spacial score (nSPS) is 20.8. The van der Waals surface area contributed by atoms with Crippen molar-refractivity contribution >= 4 is 9.84 Å². The molecule has 1 heterocycles. The molecular formula is C9H12F3NO3S. The van der Waals surface area contributed by atoms with Crippen LogP contribution >= 0.6 is 0 Å². The van der Waals surface area contributed by atoms with E-state index in [2.05, 4.69) is 0 Å². The number of nitriles is 1. The Balaban J connectivity index is 2.75. The predicted molar refractivity (Wildman–Crippen MR) is 52.8 cm³/mol. The molecule has 1 aliphatic rings. The smallest absolute Gasteiger partial charge is 0.381 e. The first-order valence-electron chi connectivity index (χ1n) is 5.03. The highest BCUT2D eigenvalue weighted by molar-refractivity contribution is 7.92. The average molecular weight is 271 g/mol. The van der Waals surface area contributed by atoms with Crippen LogP contribution in [-0.2, 0) is 14.6 Å². The van der Waals surface area contributed by atoms with Gasteiger partial charge in [0.2, 0.25) is 0 Å². The summed E-state index contributed by atoms with van der Waals surface area (Å²) in [5.74, 6) is -3.60. The molecule has 0 radical (unpaired) electrons. The molecule has 0 aromatic heterocycles. The van der Waals surface area contributed by atoms with Crippen molar-refractivity contribution in [3.8, 4) is 6.07 Å². The molecule has 1 rings (SSSR count). The largest absolute Gasteiger partial charge is 0.405 e. The van der Waals surface area contributed by atoms with Crippen LogP contribution in [0, 0.1) is 17.2 Å². The third-order valence-corrected chi connectivity index (χ3v) is 4.91. The summed E-state index contributed by atoms with van der Waals surface area (Å²) in [4.78, 5) is 0. The lowest BCUT2D eigenvalue weighted by atomic mass is 10.2. The maximum absolute atomic E-state index is 12.3. The first-order chi connectivity index (χ1) is 7.77. The second-order valence-corrected chi connectivity index (χ2v) is 6.19. The van der Waals surface area contributed by atoms with Crippen LogP contribution in [0.3, 0.4) is 0 Å². The van der Waals surface area contributed by atoms with Gasteiger partial charge >= 0.3 is 6.18 Å². The van der Waals surface area contributed by atoms with Gasteiger partial charge in [-0.25, -0.2) is 8.42 Å². The van der Waals surface area contributed by atoms with E-state index in [1.54, 1.807) is 0 Å². The van der Waals surface area contributed by atoms with Crippen molar-refractivity contribution < 1.29 is 26.3 Å². The number of hydrogen-bond donors (Lipinski definition) is 0. The van der Waals surface area contributed by atoms with Gasteiger partial charge in [-0.1, -0.05) is 0 Å². The summed E-state index contributed by atoms with van der Waals surface area (Å²) in [5, 5.41) is 7.54. The van der Waals surface area contributed by atoms with E-state index in [0.29, 0.717) is 0 Å². The van der Waals surface area contributed by atoms with Crippen molar-refractivity contribution in [2.24, 2.45) is 5.92 Å². The zero-order valence-electron chi connectivity index (χ0n) is 8.90. The summed E-state index contributed by atoms with van der Waals surface area (Å²) in [6.45, 7) is 0.459. The van der Waals surface area contributed by atoms with Crippen LogP contribution in [0.1, 0.15) is 12.8 Å². The van der Waals surface area contributed by atoms with Crippen molar-refractivity contribution in [3.05, 3.63) is 0 Å². The predicted octanol–water partition coefficient (Wildman–Crippen LogP) is 1.28. The molecule has 0 aromatic rings. The lowest BCUT2D eigenvalue weighted by Crippen LogP contribution is -2.36. The van der Waals surface area contributed by atoms with E-state index < -0.39 is 32.9 Å². The summed E-state index contributed by atoms with van der Waals surface area (Å²) < 4.78 is 65.3. The number of sulfone groups is 1. The Bertz CT molecular complexity index is 393. The van der Waals surface area contributed by atoms with Gasteiger partial charge < -0.3 is 4.74 Å². The van der Waals surface area contributed by atoms with Crippen LogP contribution in [-0.4, -0.2) is 38.8 Å². The quantitative estimate of drug-likeness (QED) is 0.775. The molecule has 8 heteroatoms. The van der Waals surface area contributed by atoms with E-state index in [1.165, 1.54) is 0 Å². The van der Waals surface area contributed by atoms with E-state index in [0.717, 1.165) is 6.07 Å². The van der Waals surface area contributed by atoms with Gasteiger partial charge in [-0.05, 0) is 12.8 Å². The Kier molecular flexibility index (Phi) is 4.38. The highest BCUT2D eigenvalue weighted by Crippen LogP contribution is 2.29. The number of ether oxygens (including phenoxy) is 1. The van der Waals surface area contributed by atoms with Crippen molar-refractivity contribution in [1.29, 1.82) is 5.26 Å². The lowest BCUT2D eigenvalue weighted by Gasteiger charge is -2.23. The van der Waals surface area contributed by atoms with Gasteiger partial charge in [-0.15, -0.1) is 0 Å². The SMILES string of the molecule is N#CC(CS(=O)(=O)C1CCOCC1)C(F)(F)F. The molecule has 0 aromatic carbocycles. The van der Waals surface area contributed by atoms with Gasteiger partial charge in [0.25, 0.3) is 0 Å². The van der Waals surface area contributed by atoms with Crippen LogP contribution in [0.4, 0.5) is 13.2 Å². The molecule has 1 aliphatic heterocycles.